The maximum atomic E-state index is 5.66. The normalized spacial score (nSPS) is 13.1. The van der Waals surface area contributed by atoms with E-state index in [0.29, 0.717) is 17.5 Å². The maximum absolute atomic E-state index is 5.66. The molecule has 2 aliphatic heterocycles. The lowest BCUT2D eigenvalue weighted by Gasteiger charge is -2.35. The summed E-state index contributed by atoms with van der Waals surface area (Å²) >= 11 is 0. The van der Waals surface area contributed by atoms with E-state index in [1.807, 2.05) is 0 Å². The van der Waals surface area contributed by atoms with Gasteiger partial charge in [-0.3, -0.25) is 9.97 Å². The fourth-order valence-corrected chi connectivity index (χ4v) is 16.5. The van der Waals surface area contributed by atoms with Crippen LogP contribution in [0.2, 0.25) is 0 Å². The molecule has 0 saturated heterocycles. The summed E-state index contributed by atoms with van der Waals surface area (Å²) in [4.78, 5) is 26.8. The second-order valence-corrected chi connectivity index (χ2v) is 27.8. The van der Waals surface area contributed by atoms with E-state index in [1.54, 1.807) is 0 Å². The molecule has 7 heterocycles. The molecule has 0 spiro atoms. The average Bonchev–Trinajstić information content (AvgIpc) is 1.56. The average molecular weight is 1150 g/mol. The highest BCUT2D eigenvalue weighted by atomic mass is 15.1. The Morgan fingerprint density at radius 1 is 0.337 bits per heavy atom. The van der Waals surface area contributed by atoms with Gasteiger partial charge < -0.3 is 9.13 Å². The fraction of sp³-hybridized carbons (Fsp3) is 0.173. The van der Waals surface area contributed by atoms with E-state index in [2.05, 4.69) is 262 Å². The lowest BCUT2D eigenvalue weighted by Crippen LogP contribution is -2.59. The predicted octanol–water partition coefficient (Wildman–Crippen LogP) is 18.4. The number of aryl methyl sites for hydroxylation is 6. The van der Waals surface area contributed by atoms with Crippen LogP contribution in [0.4, 0.5) is 0 Å². The monoisotopic (exact) mass is 1150 g/mol. The molecule has 2 aliphatic rings. The third-order valence-electron chi connectivity index (χ3n) is 20.2. The van der Waals surface area contributed by atoms with E-state index < -0.39 is 0 Å². The van der Waals surface area contributed by atoms with Crippen LogP contribution in [-0.4, -0.2) is 40.8 Å². The van der Waals surface area contributed by atoms with Crippen molar-refractivity contribution in [3.8, 4) is 45.5 Å². The number of nitrogens with zero attached hydrogens (tertiary/aromatic N) is 7. The lowest BCUT2D eigenvalue weighted by atomic mass is 9.34. The summed E-state index contributed by atoms with van der Waals surface area (Å²) in [7, 11) is 0. The molecule has 0 amide bonds. The molecule has 0 bridgehead atoms. The number of pyridine rings is 2. The zero-order chi connectivity index (χ0) is 60.6. The Morgan fingerprint density at radius 2 is 0.775 bits per heavy atom. The molecular weight excluding hydrogens is 1080 g/mol. The van der Waals surface area contributed by atoms with Gasteiger partial charge in [0.15, 0.2) is 17.5 Å². The highest BCUT2D eigenvalue weighted by molar-refractivity contribution is 7.00. The second kappa shape index (κ2) is 17.8. The topological polar surface area (TPSA) is 74.3 Å². The van der Waals surface area contributed by atoms with Crippen LogP contribution < -0.4 is 16.4 Å². The van der Waals surface area contributed by atoms with Crippen LogP contribution in [0.15, 0.2) is 170 Å². The van der Waals surface area contributed by atoms with Gasteiger partial charge in [-0.05, 0) is 193 Å². The first-order valence-corrected chi connectivity index (χ1v) is 31.4. The Morgan fingerprint density at radius 3 is 1.30 bits per heavy atom. The summed E-state index contributed by atoms with van der Waals surface area (Å²) < 4.78 is 5.29. The third kappa shape index (κ3) is 7.08. The van der Waals surface area contributed by atoms with Crippen LogP contribution in [-0.2, 0) is 10.8 Å². The first-order valence-electron chi connectivity index (χ1n) is 31.4. The number of rotatable bonds is 3. The Bertz CT molecular complexity index is 5810. The second-order valence-electron chi connectivity index (χ2n) is 27.8. The fourth-order valence-electron chi connectivity index (χ4n) is 16.5. The van der Waals surface area contributed by atoms with Crippen LogP contribution >= 0.6 is 0 Å². The Balaban J connectivity index is 1.09. The molecule has 7 nitrogen and oxygen atoms in total. The molecule has 0 N–H and O–H groups in total. The molecule has 0 radical (unpaired) electrons. The summed E-state index contributed by atoms with van der Waals surface area (Å²) in [5.41, 5.74) is 21.9. The van der Waals surface area contributed by atoms with Crippen LogP contribution in [0.1, 0.15) is 86.6 Å². The van der Waals surface area contributed by atoms with E-state index in [1.165, 1.54) is 130 Å². The van der Waals surface area contributed by atoms with Gasteiger partial charge in [0.2, 0.25) is 0 Å². The standard InChI is InChI=1S/C81H64BN7/c1-41-33-43(3)83-45(5)68(41)78-85-77(86-79(87-78)69-42(2)34-44(4)84-46(69)6)47-35-66-74-67(36-47)89-65-32-30-58-54-25-15-13-21-50(54)52-23-17-19-27-56(52)70(58)72(65)73-71-57-28-20-18-24-53(57)51-22-14-16-26-55(51)60(71)40-63(76(73)89)82(74)62-39-49(81(10,11)12)38-61-59-37-48(80(7,8)9)29-31-64(59)88(66)75(61)62/h13-40H,1-12H3. The summed E-state index contributed by atoms with van der Waals surface area (Å²) in [6.07, 6.45) is 0. The number of hydrogen-bond acceptors (Lipinski definition) is 5. The zero-order valence-corrected chi connectivity index (χ0v) is 52.4. The molecule has 426 valence electrons. The van der Waals surface area contributed by atoms with Crippen molar-refractivity contribution in [3.05, 3.63) is 215 Å². The molecule has 0 unspecified atom stereocenters. The van der Waals surface area contributed by atoms with Crippen LogP contribution in [0, 0.1) is 41.5 Å². The smallest absolute Gasteiger partial charge is 0.252 e. The molecular formula is C81H64BN7. The molecule has 5 aromatic heterocycles. The van der Waals surface area contributed by atoms with Crippen molar-refractivity contribution in [2.24, 2.45) is 0 Å². The zero-order valence-electron chi connectivity index (χ0n) is 52.4. The van der Waals surface area contributed by atoms with Gasteiger partial charge in [-0.15, -0.1) is 0 Å². The largest absolute Gasteiger partial charge is 0.310 e. The molecule has 0 aliphatic carbocycles. The van der Waals surface area contributed by atoms with Gasteiger partial charge in [0, 0.05) is 88.7 Å². The minimum absolute atomic E-state index is 0.0750. The SMILES string of the molecule is Cc1cc(C)c(-c2nc(-c3cc4c5c(c3)-n3c6ccc7c8ccccc8c8ccccc8c7c6c6c7c8ccccc8c8ccccc8c7cc(c63)B5c3cc(C(C)(C)C)cc5c6cc(C(C)(C)C)ccc6n-4c35)nc(-c3c(C)cc(C)nc3C)n2)c(C)n1. The highest BCUT2D eigenvalue weighted by Gasteiger charge is 2.43. The van der Waals surface area contributed by atoms with Crippen LogP contribution in [0.25, 0.3) is 154 Å². The lowest BCUT2D eigenvalue weighted by molar-refractivity contribution is 0.590. The van der Waals surface area contributed by atoms with Crippen molar-refractivity contribution in [1.29, 1.82) is 0 Å². The molecule has 0 saturated carbocycles. The van der Waals surface area contributed by atoms with Crippen molar-refractivity contribution in [3.63, 3.8) is 0 Å². The van der Waals surface area contributed by atoms with Gasteiger partial charge in [-0.2, -0.15) is 0 Å². The molecule has 11 aromatic carbocycles. The van der Waals surface area contributed by atoms with E-state index >= 15 is 0 Å². The highest BCUT2D eigenvalue weighted by Crippen LogP contribution is 2.50. The quantitative estimate of drug-likeness (QED) is 0.130. The molecule has 0 atom stereocenters. The summed E-state index contributed by atoms with van der Waals surface area (Å²) in [5.74, 6) is 1.78. The van der Waals surface area contributed by atoms with E-state index in [9.17, 15) is 0 Å². The Kier molecular flexibility index (Phi) is 10.4. The molecule has 89 heavy (non-hydrogen) atoms. The predicted molar refractivity (Wildman–Crippen MR) is 376 cm³/mol. The molecule has 0 fully saturated rings. The first-order chi connectivity index (χ1) is 42.9. The van der Waals surface area contributed by atoms with Crippen LogP contribution in [0.3, 0.4) is 0 Å². The minimum atomic E-state index is -0.173. The molecule has 8 heteroatoms. The van der Waals surface area contributed by atoms with E-state index in [0.717, 1.165) is 67.5 Å². The van der Waals surface area contributed by atoms with Gasteiger partial charge in [0.05, 0.1) is 16.6 Å². The number of benzene rings is 11. The van der Waals surface area contributed by atoms with Crippen molar-refractivity contribution in [1.82, 2.24) is 34.1 Å². The summed E-state index contributed by atoms with van der Waals surface area (Å²) in [6.45, 7) is 26.5. The third-order valence-corrected chi connectivity index (χ3v) is 20.2. The minimum Gasteiger partial charge on any atom is -0.310 e. The Hall–Kier alpha value is -10.0. The van der Waals surface area contributed by atoms with Gasteiger partial charge in [-0.1, -0.05) is 163 Å². The van der Waals surface area contributed by atoms with E-state index in [-0.39, 0.29) is 17.5 Å². The maximum Gasteiger partial charge on any atom is 0.252 e. The number of aromatic nitrogens is 7. The van der Waals surface area contributed by atoms with Gasteiger partial charge >= 0.3 is 0 Å². The van der Waals surface area contributed by atoms with E-state index in [4.69, 9.17) is 24.9 Å². The van der Waals surface area contributed by atoms with Crippen LogP contribution in [0.5, 0.6) is 0 Å². The first kappa shape index (κ1) is 52.1. The van der Waals surface area contributed by atoms with Gasteiger partial charge in [0.25, 0.3) is 6.71 Å². The summed E-state index contributed by atoms with van der Waals surface area (Å²) in [6, 6.07) is 65.4. The van der Waals surface area contributed by atoms with Crippen molar-refractivity contribution in [2.45, 2.75) is 93.9 Å². The van der Waals surface area contributed by atoms with Crippen molar-refractivity contribution >= 4 is 131 Å². The number of fused-ring (bicyclic) bond motifs is 24. The van der Waals surface area contributed by atoms with Crippen molar-refractivity contribution in [2.75, 3.05) is 0 Å². The van der Waals surface area contributed by atoms with Crippen molar-refractivity contribution < 1.29 is 0 Å². The number of hydrogen-bond donors (Lipinski definition) is 0. The molecule has 18 rings (SSSR count). The molecule has 16 aromatic rings. The summed E-state index contributed by atoms with van der Waals surface area (Å²) in [5, 5.41) is 20.2. The Labute approximate surface area is 516 Å². The van der Waals surface area contributed by atoms with Gasteiger partial charge in [0.1, 0.15) is 0 Å². The van der Waals surface area contributed by atoms with Gasteiger partial charge in [-0.25, -0.2) is 15.0 Å².